The van der Waals surface area contributed by atoms with Crippen molar-refractivity contribution in [3.8, 4) is 12.1 Å². The lowest BCUT2D eigenvalue weighted by Gasteiger charge is -2.11. The summed E-state index contributed by atoms with van der Waals surface area (Å²) in [6.45, 7) is 3.79. The molecule has 0 saturated heterocycles. The fraction of sp³-hybridized carbons (Fsp3) is 0.286. The summed E-state index contributed by atoms with van der Waals surface area (Å²) < 4.78 is 5.49. The maximum Gasteiger partial charge on any atom is 0.323 e. The van der Waals surface area contributed by atoms with Crippen molar-refractivity contribution >= 4 is 17.6 Å². The van der Waals surface area contributed by atoms with Gasteiger partial charge in [0.05, 0.1) is 17.7 Å². The number of hydrogen-bond donors (Lipinski definition) is 2. The molecule has 0 aliphatic heterocycles. The molecule has 0 aliphatic carbocycles. The van der Waals surface area contributed by atoms with E-state index < -0.39 is 0 Å². The molecule has 0 bridgehead atoms. The number of anilines is 3. The van der Waals surface area contributed by atoms with Crippen molar-refractivity contribution in [1.82, 2.24) is 15.0 Å². The predicted octanol–water partition coefficient (Wildman–Crippen LogP) is 2.32. The van der Waals surface area contributed by atoms with Crippen molar-refractivity contribution < 1.29 is 4.74 Å². The van der Waals surface area contributed by atoms with Crippen molar-refractivity contribution in [2.75, 3.05) is 17.7 Å². The van der Waals surface area contributed by atoms with Crippen molar-refractivity contribution in [2.24, 2.45) is 0 Å². The molecule has 0 atom stereocenters. The average Bonchev–Trinajstić information content (AvgIpc) is 2.46. The zero-order valence-corrected chi connectivity index (χ0v) is 12.1. The Bertz CT molecular complexity index is 665. The molecule has 2 rings (SSSR count). The molecule has 0 spiro atoms. The summed E-state index contributed by atoms with van der Waals surface area (Å²) in [5, 5.41) is 14.8. The van der Waals surface area contributed by atoms with Gasteiger partial charge in [0, 0.05) is 12.7 Å². The number of nitrogens with one attached hydrogen (secondary N) is 2. The molecule has 0 unspecified atom stereocenters. The van der Waals surface area contributed by atoms with Gasteiger partial charge in [0.2, 0.25) is 11.9 Å². The zero-order chi connectivity index (χ0) is 15.2. The summed E-state index contributed by atoms with van der Waals surface area (Å²) in [5.41, 5.74) is 1.28. The molecule has 0 amide bonds. The van der Waals surface area contributed by atoms with E-state index in [2.05, 4.69) is 31.7 Å². The van der Waals surface area contributed by atoms with E-state index >= 15 is 0 Å². The van der Waals surface area contributed by atoms with Crippen LogP contribution in [-0.4, -0.2) is 28.1 Å². The number of nitriles is 1. The van der Waals surface area contributed by atoms with Crippen LogP contribution in [0.15, 0.2) is 24.3 Å². The van der Waals surface area contributed by atoms with Gasteiger partial charge in [-0.05, 0) is 32.0 Å². The van der Waals surface area contributed by atoms with Crippen LogP contribution in [0, 0.1) is 11.3 Å². The van der Waals surface area contributed by atoms with Crippen molar-refractivity contribution in [3.05, 3.63) is 29.8 Å². The number of benzene rings is 1. The number of hydrogen-bond acceptors (Lipinski definition) is 7. The highest BCUT2D eigenvalue weighted by molar-refractivity contribution is 5.57. The van der Waals surface area contributed by atoms with Crippen LogP contribution in [-0.2, 0) is 0 Å². The van der Waals surface area contributed by atoms with Gasteiger partial charge in [-0.3, -0.25) is 0 Å². The molecule has 0 aliphatic rings. The summed E-state index contributed by atoms with van der Waals surface area (Å²) >= 11 is 0. The minimum absolute atomic E-state index is 0.0353. The maximum absolute atomic E-state index is 8.90. The molecule has 1 aromatic heterocycles. The maximum atomic E-state index is 8.90. The Morgan fingerprint density at radius 1 is 1.19 bits per heavy atom. The van der Waals surface area contributed by atoms with Gasteiger partial charge >= 0.3 is 6.01 Å². The lowest BCUT2D eigenvalue weighted by molar-refractivity contribution is 0.222. The molecule has 2 N–H and O–H groups in total. The SMILES string of the molecule is CNc1nc(Nc2cccc(C#N)c2)nc(OC(C)C)n1. The summed E-state index contributed by atoms with van der Waals surface area (Å²) in [7, 11) is 1.72. The molecule has 0 saturated carbocycles. The van der Waals surface area contributed by atoms with Gasteiger partial charge < -0.3 is 15.4 Å². The quantitative estimate of drug-likeness (QED) is 0.869. The van der Waals surface area contributed by atoms with Crippen LogP contribution in [0.3, 0.4) is 0 Å². The molecular weight excluding hydrogens is 268 g/mol. The lowest BCUT2D eigenvalue weighted by atomic mass is 10.2. The van der Waals surface area contributed by atoms with Gasteiger partial charge in [0.15, 0.2) is 0 Å². The highest BCUT2D eigenvalue weighted by atomic mass is 16.5. The van der Waals surface area contributed by atoms with Gasteiger partial charge in [-0.1, -0.05) is 6.07 Å². The minimum atomic E-state index is -0.0353. The van der Waals surface area contributed by atoms with E-state index in [9.17, 15) is 0 Å². The second-order valence-electron chi connectivity index (χ2n) is 4.50. The summed E-state index contributed by atoms with van der Waals surface area (Å²) in [5.74, 6) is 0.750. The van der Waals surface area contributed by atoms with Gasteiger partial charge in [-0.15, -0.1) is 0 Å². The Morgan fingerprint density at radius 3 is 2.62 bits per heavy atom. The fourth-order valence-corrected chi connectivity index (χ4v) is 1.58. The predicted molar refractivity (Wildman–Crippen MR) is 79.6 cm³/mol. The molecule has 0 radical (unpaired) electrons. The third-order valence-corrected chi connectivity index (χ3v) is 2.43. The Morgan fingerprint density at radius 2 is 1.95 bits per heavy atom. The van der Waals surface area contributed by atoms with Gasteiger partial charge in [-0.2, -0.15) is 20.2 Å². The van der Waals surface area contributed by atoms with Gasteiger partial charge in [-0.25, -0.2) is 0 Å². The normalized spacial score (nSPS) is 10.0. The van der Waals surface area contributed by atoms with Gasteiger partial charge in [0.1, 0.15) is 0 Å². The molecular formula is C14H16N6O. The first-order valence-corrected chi connectivity index (χ1v) is 6.48. The molecule has 21 heavy (non-hydrogen) atoms. The lowest BCUT2D eigenvalue weighted by Crippen LogP contribution is -2.11. The molecule has 1 aromatic carbocycles. The minimum Gasteiger partial charge on any atom is -0.461 e. The van der Waals surface area contributed by atoms with E-state index in [1.165, 1.54) is 0 Å². The van der Waals surface area contributed by atoms with E-state index in [-0.39, 0.29) is 12.1 Å². The van der Waals surface area contributed by atoms with Crippen LogP contribution in [0.4, 0.5) is 17.6 Å². The molecule has 7 heteroatoms. The molecule has 108 valence electrons. The number of nitrogens with zero attached hydrogens (tertiary/aromatic N) is 4. The molecule has 2 aromatic rings. The van der Waals surface area contributed by atoms with E-state index in [1.807, 2.05) is 19.9 Å². The first-order valence-electron chi connectivity index (χ1n) is 6.48. The Labute approximate surface area is 123 Å². The van der Waals surface area contributed by atoms with Crippen LogP contribution in [0.5, 0.6) is 6.01 Å². The van der Waals surface area contributed by atoms with E-state index in [1.54, 1.807) is 25.2 Å². The van der Waals surface area contributed by atoms with E-state index in [0.717, 1.165) is 5.69 Å². The highest BCUT2D eigenvalue weighted by Gasteiger charge is 2.08. The smallest absolute Gasteiger partial charge is 0.323 e. The van der Waals surface area contributed by atoms with Crippen LogP contribution >= 0.6 is 0 Å². The third-order valence-electron chi connectivity index (χ3n) is 2.43. The fourth-order valence-electron chi connectivity index (χ4n) is 1.58. The van der Waals surface area contributed by atoms with E-state index in [4.69, 9.17) is 10.00 Å². The third kappa shape index (κ3) is 4.04. The summed E-state index contributed by atoms with van der Waals surface area (Å²) in [4.78, 5) is 12.5. The first-order chi connectivity index (χ1) is 10.1. The number of ether oxygens (including phenoxy) is 1. The first kappa shape index (κ1) is 14.5. The van der Waals surface area contributed by atoms with Crippen LogP contribution in [0.25, 0.3) is 0 Å². The van der Waals surface area contributed by atoms with Crippen molar-refractivity contribution in [3.63, 3.8) is 0 Å². The molecule has 1 heterocycles. The zero-order valence-electron chi connectivity index (χ0n) is 12.1. The number of aromatic nitrogens is 3. The van der Waals surface area contributed by atoms with Crippen LogP contribution < -0.4 is 15.4 Å². The second kappa shape index (κ2) is 6.52. The topological polar surface area (TPSA) is 95.8 Å². The average molecular weight is 284 g/mol. The van der Waals surface area contributed by atoms with Crippen molar-refractivity contribution in [1.29, 1.82) is 5.26 Å². The largest absolute Gasteiger partial charge is 0.461 e. The van der Waals surface area contributed by atoms with Crippen molar-refractivity contribution in [2.45, 2.75) is 20.0 Å². The van der Waals surface area contributed by atoms with E-state index in [0.29, 0.717) is 17.5 Å². The van der Waals surface area contributed by atoms with Crippen LogP contribution in [0.2, 0.25) is 0 Å². The summed E-state index contributed by atoms with van der Waals surface area (Å²) in [6.07, 6.45) is -0.0353. The monoisotopic (exact) mass is 284 g/mol. The van der Waals surface area contributed by atoms with Crippen LogP contribution in [0.1, 0.15) is 19.4 Å². The second-order valence-corrected chi connectivity index (χ2v) is 4.50. The Hall–Kier alpha value is -2.88. The Balaban J connectivity index is 2.28. The Kier molecular flexibility index (Phi) is 4.51. The number of rotatable bonds is 5. The van der Waals surface area contributed by atoms with Gasteiger partial charge in [0.25, 0.3) is 0 Å². The molecule has 7 nitrogen and oxygen atoms in total. The standard InChI is InChI=1S/C14H16N6O/c1-9(2)21-14-19-12(16-3)18-13(20-14)17-11-6-4-5-10(7-11)8-15/h4-7,9H,1-3H3,(H2,16,17,18,19,20). The highest BCUT2D eigenvalue weighted by Crippen LogP contribution is 2.18. The molecule has 0 fully saturated rings. The summed E-state index contributed by atoms with van der Waals surface area (Å²) in [6, 6.07) is 9.37.